The van der Waals surface area contributed by atoms with Crippen LogP contribution in [0.5, 0.6) is 0 Å². The number of hydrogen-bond donors (Lipinski definition) is 1. The van der Waals surface area contributed by atoms with Gasteiger partial charge in [0.2, 0.25) is 0 Å². The summed E-state index contributed by atoms with van der Waals surface area (Å²) in [6.07, 6.45) is 2.94. The Morgan fingerprint density at radius 1 is 1.47 bits per heavy atom. The first-order valence-electron chi connectivity index (χ1n) is 5.20. The van der Waals surface area contributed by atoms with E-state index in [1.54, 1.807) is 26.8 Å². The lowest BCUT2D eigenvalue weighted by Gasteiger charge is -2.18. The molecule has 6 heteroatoms. The summed E-state index contributed by atoms with van der Waals surface area (Å²) in [5.74, 6) is -0.0320. The van der Waals surface area contributed by atoms with Crippen molar-refractivity contribution in [3.05, 3.63) is 24.0 Å². The topological polar surface area (TPSA) is 82.5 Å². The van der Waals surface area contributed by atoms with Crippen LogP contribution in [0.1, 0.15) is 31.1 Å². The fraction of sp³-hybridized carbons (Fsp3) is 0.364. The van der Waals surface area contributed by atoms with Gasteiger partial charge in [0.1, 0.15) is 17.0 Å². The molecule has 0 unspecified atom stereocenters. The highest BCUT2D eigenvalue weighted by molar-refractivity contribution is 5.96. The molecule has 0 atom stereocenters. The van der Waals surface area contributed by atoms with Crippen LogP contribution >= 0.6 is 0 Å². The number of anilines is 1. The predicted molar refractivity (Wildman–Crippen MR) is 62.6 cm³/mol. The van der Waals surface area contributed by atoms with Crippen molar-refractivity contribution in [2.24, 2.45) is 0 Å². The Labute approximate surface area is 98.4 Å². The van der Waals surface area contributed by atoms with E-state index in [4.69, 9.17) is 10.5 Å². The zero-order valence-electron chi connectivity index (χ0n) is 9.97. The van der Waals surface area contributed by atoms with E-state index in [0.717, 1.165) is 0 Å². The van der Waals surface area contributed by atoms with Gasteiger partial charge in [0.25, 0.3) is 0 Å². The lowest BCUT2D eigenvalue weighted by Crippen LogP contribution is -2.23. The van der Waals surface area contributed by atoms with Gasteiger partial charge in [-0.15, -0.1) is 0 Å². The van der Waals surface area contributed by atoms with Crippen molar-refractivity contribution in [2.45, 2.75) is 26.4 Å². The van der Waals surface area contributed by atoms with E-state index in [9.17, 15) is 4.79 Å². The molecule has 17 heavy (non-hydrogen) atoms. The molecule has 2 rings (SSSR count). The van der Waals surface area contributed by atoms with Gasteiger partial charge in [0.05, 0.1) is 6.20 Å². The number of hydrogen-bond acceptors (Lipinski definition) is 5. The van der Waals surface area contributed by atoms with Crippen LogP contribution in [0, 0.1) is 0 Å². The van der Waals surface area contributed by atoms with Crippen LogP contribution in [0.25, 0.3) is 5.65 Å². The summed E-state index contributed by atoms with van der Waals surface area (Å²) in [6, 6.07) is 1.61. The summed E-state index contributed by atoms with van der Waals surface area (Å²) in [5, 5.41) is 4.00. The maximum atomic E-state index is 11.9. The summed E-state index contributed by atoms with van der Waals surface area (Å²) in [5.41, 5.74) is 5.87. The highest BCUT2D eigenvalue weighted by Crippen LogP contribution is 2.16. The van der Waals surface area contributed by atoms with Gasteiger partial charge in [0, 0.05) is 6.20 Å². The molecule has 2 heterocycles. The van der Waals surface area contributed by atoms with Gasteiger partial charge in [-0.05, 0) is 26.8 Å². The first-order chi connectivity index (χ1) is 7.88. The third-order valence-electron chi connectivity index (χ3n) is 2.05. The number of rotatable bonds is 1. The predicted octanol–water partition coefficient (Wildman–Crippen LogP) is 1.27. The smallest absolute Gasteiger partial charge is 0.344 e. The number of carbonyl (C=O) groups excluding carboxylic acids is 1. The summed E-state index contributed by atoms with van der Waals surface area (Å²) < 4.78 is 6.66. The van der Waals surface area contributed by atoms with Gasteiger partial charge in [-0.25, -0.2) is 9.78 Å². The lowest BCUT2D eigenvalue weighted by atomic mass is 10.2. The molecule has 2 N–H and O–H groups in total. The van der Waals surface area contributed by atoms with Gasteiger partial charge < -0.3 is 10.5 Å². The van der Waals surface area contributed by atoms with Crippen LogP contribution in [0.4, 0.5) is 5.82 Å². The Balaban J connectivity index is 2.43. The highest BCUT2D eigenvalue weighted by Gasteiger charge is 2.22. The maximum absolute atomic E-state index is 11.9. The third-order valence-corrected chi connectivity index (χ3v) is 2.05. The van der Waals surface area contributed by atoms with E-state index < -0.39 is 11.6 Å². The number of esters is 1. The molecule has 2 aromatic heterocycles. The minimum absolute atomic E-state index is 0.312. The average Bonchev–Trinajstić information content (AvgIpc) is 2.60. The van der Waals surface area contributed by atoms with Crippen molar-refractivity contribution in [3.63, 3.8) is 0 Å². The number of nitrogens with zero attached hydrogens (tertiary/aromatic N) is 3. The Morgan fingerprint density at radius 3 is 2.82 bits per heavy atom. The fourth-order valence-electron chi connectivity index (χ4n) is 1.39. The third kappa shape index (κ3) is 2.20. The Bertz CT molecular complexity index is 568. The molecule has 0 aliphatic carbocycles. The first kappa shape index (κ1) is 11.4. The number of ether oxygens (including phenoxy) is 1. The van der Waals surface area contributed by atoms with Crippen molar-refractivity contribution in [1.29, 1.82) is 0 Å². The monoisotopic (exact) mass is 234 g/mol. The van der Waals surface area contributed by atoms with Crippen LogP contribution in [-0.4, -0.2) is 26.2 Å². The van der Waals surface area contributed by atoms with E-state index >= 15 is 0 Å². The van der Waals surface area contributed by atoms with Crippen LogP contribution in [0.15, 0.2) is 18.5 Å². The molecule has 0 saturated carbocycles. The molecule has 0 spiro atoms. The van der Waals surface area contributed by atoms with E-state index in [1.807, 2.05) is 0 Å². The Hall–Kier alpha value is -2.11. The molecule has 2 aromatic rings. The molecule has 0 fully saturated rings. The van der Waals surface area contributed by atoms with Gasteiger partial charge >= 0.3 is 5.97 Å². The molecular formula is C11H14N4O2. The Morgan fingerprint density at radius 2 is 2.18 bits per heavy atom. The molecule has 0 bridgehead atoms. The molecule has 90 valence electrons. The van der Waals surface area contributed by atoms with E-state index in [1.165, 1.54) is 16.9 Å². The quantitative estimate of drug-likeness (QED) is 0.751. The Kier molecular flexibility index (Phi) is 2.49. The fourth-order valence-corrected chi connectivity index (χ4v) is 1.39. The van der Waals surface area contributed by atoms with Crippen molar-refractivity contribution < 1.29 is 9.53 Å². The minimum Gasteiger partial charge on any atom is -0.456 e. The molecule has 0 aliphatic heterocycles. The van der Waals surface area contributed by atoms with Crippen molar-refractivity contribution in [2.75, 3.05) is 5.73 Å². The summed E-state index contributed by atoms with van der Waals surface area (Å²) in [4.78, 5) is 16.0. The largest absolute Gasteiger partial charge is 0.456 e. The van der Waals surface area contributed by atoms with Crippen LogP contribution in [0.2, 0.25) is 0 Å². The summed E-state index contributed by atoms with van der Waals surface area (Å²) >= 11 is 0. The van der Waals surface area contributed by atoms with Crippen LogP contribution in [0.3, 0.4) is 0 Å². The molecule has 0 radical (unpaired) electrons. The lowest BCUT2D eigenvalue weighted by molar-refractivity contribution is 0.00716. The van der Waals surface area contributed by atoms with Crippen molar-refractivity contribution in [1.82, 2.24) is 14.6 Å². The number of fused-ring (bicyclic) bond motifs is 1. The highest BCUT2D eigenvalue weighted by atomic mass is 16.6. The van der Waals surface area contributed by atoms with Gasteiger partial charge in [0.15, 0.2) is 5.65 Å². The van der Waals surface area contributed by atoms with Gasteiger partial charge in [-0.3, -0.25) is 0 Å². The molecule has 0 saturated heterocycles. The van der Waals surface area contributed by atoms with Crippen molar-refractivity contribution in [3.8, 4) is 0 Å². The second-order valence-corrected chi connectivity index (χ2v) is 4.67. The molecule has 6 nitrogen and oxygen atoms in total. The SMILES string of the molecule is CC(C)(C)OC(=O)c1cnn2c(N)ccnc12. The van der Waals surface area contributed by atoms with Crippen LogP contribution in [-0.2, 0) is 4.74 Å². The second-order valence-electron chi connectivity index (χ2n) is 4.67. The van der Waals surface area contributed by atoms with Gasteiger partial charge in [-0.2, -0.15) is 9.61 Å². The average molecular weight is 234 g/mol. The zero-order valence-corrected chi connectivity index (χ0v) is 9.97. The number of aromatic nitrogens is 3. The molecule has 0 aliphatic rings. The van der Waals surface area contributed by atoms with E-state index in [2.05, 4.69) is 10.1 Å². The summed E-state index contributed by atoms with van der Waals surface area (Å²) in [6.45, 7) is 5.41. The molecule has 0 aromatic carbocycles. The zero-order chi connectivity index (χ0) is 12.6. The number of carbonyl (C=O) groups is 1. The van der Waals surface area contributed by atoms with Gasteiger partial charge in [-0.1, -0.05) is 0 Å². The maximum Gasteiger partial charge on any atom is 0.344 e. The van der Waals surface area contributed by atoms with Crippen molar-refractivity contribution >= 4 is 17.4 Å². The van der Waals surface area contributed by atoms with Crippen LogP contribution < -0.4 is 5.73 Å². The normalized spacial score (nSPS) is 11.7. The number of nitrogens with two attached hydrogens (primary N) is 1. The van der Waals surface area contributed by atoms with E-state index in [0.29, 0.717) is 17.0 Å². The summed E-state index contributed by atoms with van der Waals surface area (Å²) in [7, 11) is 0. The second kappa shape index (κ2) is 3.73. The number of nitrogen functional groups attached to an aromatic ring is 1. The minimum atomic E-state index is -0.550. The standard InChI is InChI=1S/C11H14N4O2/c1-11(2,3)17-10(16)7-6-14-15-8(12)4-5-13-9(7)15/h4-6H,12H2,1-3H3. The van der Waals surface area contributed by atoms with E-state index in [-0.39, 0.29) is 0 Å². The first-order valence-corrected chi connectivity index (χ1v) is 5.20. The molecular weight excluding hydrogens is 220 g/mol. The molecule has 0 amide bonds.